The molecule has 542 valence electrons. The van der Waals surface area contributed by atoms with Crippen molar-refractivity contribution in [2.24, 2.45) is 5.92 Å². The van der Waals surface area contributed by atoms with E-state index in [1.165, 1.54) is 82.6 Å². The summed E-state index contributed by atoms with van der Waals surface area (Å²) in [7, 11) is 3.31. The number of rotatable bonds is 27. The summed E-state index contributed by atoms with van der Waals surface area (Å²) in [4.78, 5) is 53.0. The summed E-state index contributed by atoms with van der Waals surface area (Å²) in [5.74, 6) is 2.83. The lowest BCUT2D eigenvalue weighted by atomic mass is 9.87. The van der Waals surface area contributed by atoms with Crippen molar-refractivity contribution in [2.45, 2.75) is 156 Å². The number of ketones is 4. The van der Waals surface area contributed by atoms with E-state index in [4.69, 9.17) is 21.1 Å². The summed E-state index contributed by atoms with van der Waals surface area (Å²) >= 11 is 6.21. The maximum atomic E-state index is 13.6. The molecule has 0 unspecified atom stereocenters. The number of nitrogens with zero attached hydrogens (tertiary/aromatic N) is 4. The monoisotopic (exact) mass is 1430 g/mol. The first-order chi connectivity index (χ1) is 52.0. The van der Waals surface area contributed by atoms with Crippen molar-refractivity contribution in [3.05, 3.63) is 299 Å². The fourth-order valence-electron chi connectivity index (χ4n) is 15.3. The van der Waals surface area contributed by atoms with Gasteiger partial charge in [0.25, 0.3) is 0 Å². The van der Waals surface area contributed by atoms with Crippen LogP contribution in [0.3, 0.4) is 0 Å². The van der Waals surface area contributed by atoms with Crippen molar-refractivity contribution in [3.8, 4) is 11.5 Å². The largest absolute Gasteiger partial charge is 0.496 e. The number of hydrogen-bond donors (Lipinski definition) is 0. The third-order valence-electron chi connectivity index (χ3n) is 21.0. The minimum absolute atomic E-state index is 0.0595. The molecule has 0 saturated heterocycles. The first-order valence-electron chi connectivity index (χ1n) is 38.4. The summed E-state index contributed by atoms with van der Waals surface area (Å²) in [5, 5.41) is 8.81. The highest BCUT2D eigenvalue weighted by Gasteiger charge is 2.24. The molecule has 0 radical (unpaired) electrons. The second-order valence-electron chi connectivity index (χ2n) is 28.1. The van der Waals surface area contributed by atoms with E-state index in [-0.39, 0.29) is 23.1 Å². The van der Waals surface area contributed by atoms with Crippen LogP contribution in [0, 0.1) is 5.92 Å². The number of carbonyl (C=O) groups excluding carboxylic acids is 4. The predicted octanol–water partition coefficient (Wildman–Crippen LogP) is 24.4. The number of ether oxygens (including phenoxy) is 2. The first-order valence-corrected chi connectivity index (χ1v) is 38.7. The van der Waals surface area contributed by atoms with Crippen LogP contribution in [-0.2, 0) is 39.0 Å². The van der Waals surface area contributed by atoms with E-state index in [1.54, 1.807) is 14.2 Å². The molecular formula is C95H99ClN4O6. The molecule has 106 heavy (non-hydrogen) atoms. The average Bonchev–Trinajstić information content (AvgIpc) is 1.14. The number of methoxy groups -OCH3 is 2. The Balaban J connectivity index is 0.000000133. The summed E-state index contributed by atoms with van der Waals surface area (Å²) in [6, 6.07) is 73.9. The molecule has 10 nitrogen and oxygen atoms in total. The molecule has 11 heteroatoms. The quantitative estimate of drug-likeness (QED) is 0.0375. The van der Waals surface area contributed by atoms with E-state index in [2.05, 4.69) is 99.8 Å². The highest BCUT2D eigenvalue weighted by molar-refractivity contribution is 6.31. The van der Waals surface area contributed by atoms with Crippen molar-refractivity contribution in [3.63, 3.8) is 0 Å². The zero-order valence-electron chi connectivity index (χ0n) is 62.2. The molecular weight excluding hydrogens is 1330 g/mol. The Labute approximate surface area is 629 Å². The zero-order valence-corrected chi connectivity index (χ0v) is 63.0. The van der Waals surface area contributed by atoms with Gasteiger partial charge < -0.3 is 27.7 Å². The molecule has 10 aromatic carbocycles. The van der Waals surface area contributed by atoms with Crippen LogP contribution in [0.4, 0.5) is 0 Å². The molecule has 4 aromatic heterocycles. The highest BCUT2D eigenvalue weighted by Crippen LogP contribution is 2.35. The van der Waals surface area contributed by atoms with Gasteiger partial charge in [-0.05, 0) is 102 Å². The molecule has 0 aliphatic heterocycles. The zero-order chi connectivity index (χ0) is 73.7. The number of benzene rings is 10. The average molecular weight is 1430 g/mol. The van der Waals surface area contributed by atoms with E-state index in [0.717, 1.165) is 161 Å². The highest BCUT2D eigenvalue weighted by atomic mass is 35.5. The lowest BCUT2D eigenvalue weighted by Crippen LogP contribution is -2.10. The molecule has 1 aliphatic carbocycles. The normalized spacial score (nSPS) is 12.2. The van der Waals surface area contributed by atoms with Gasteiger partial charge in [-0.3, -0.25) is 19.2 Å². The second kappa shape index (κ2) is 36.9. The topological polar surface area (TPSA) is 106 Å². The maximum absolute atomic E-state index is 13.6. The Morgan fingerprint density at radius 1 is 0.349 bits per heavy atom. The number of unbranched alkanes of at least 4 members (excludes halogenated alkanes) is 6. The van der Waals surface area contributed by atoms with Gasteiger partial charge in [-0.2, -0.15) is 0 Å². The molecule has 1 saturated carbocycles. The van der Waals surface area contributed by atoms with Crippen LogP contribution in [0.2, 0.25) is 5.02 Å². The number of Topliss-reactive ketones (excluding diaryl/α,β-unsaturated/α-hetero) is 2. The van der Waals surface area contributed by atoms with Crippen LogP contribution in [0.15, 0.2) is 249 Å². The molecule has 0 amide bonds. The number of halogens is 1. The van der Waals surface area contributed by atoms with Gasteiger partial charge in [-0.15, -0.1) is 0 Å². The lowest BCUT2D eigenvalue weighted by Gasteiger charge is -2.21. The predicted molar refractivity (Wildman–Crippen MR) is 439 cm³/mol. The summed E-state index contributed by atoms with van der Waals surface area (Å²) in [6.45, 7) is 10.5. The van der Waals surface area contributed by atoms with Crippen LogP contribution in [0.1, 0.15) is 181 Å². The first kappa shape index (κ1) is 75.1. The van der Waals surface area contributed by atoms with Crippen LogP contribution in [0.25, 0.3) is 65.2 Å². The van der Waals surface area contributed by atoms with Gasteiger partial charge >= 0.3 is 0 Å². The standard InChI is InChI=1S/C25H29NO2.C25H25NO2.C24H23NO.C21H22ClNO/c1-28-25-14-8-5-11-20(25)17-24(27)22-18-26(23-13-7-6-12-21(22)23)16-15-19-9-3-2-4-10-19;1-3-4-9-16-26-17-22(19-11-7-8-13-23(19)26)25(27)21-14-15-24(28-2)20-12-6-5-10-18(20)21;1-2-3-8-16-25-17-22(20-13-6-7-15-23(20)25)24(26)21-14-9-11-18-10-4-5-12-19(18)21;1-2-3-8-13-23-15-18(17-10-5-7-12-20(17)23)21(24)14-16-9-4-6-11-19(16)22/h5-8,11-14,18-19H,2-4,9-10,15-17H2,1H3;5-8,10-15,17H,3-4,9,16H2,1-2H3;4-7,9-15,17H,2-3,8,16H2,1H3;4-7,9-12,15H,2-3,8,13-14H2,1H3. The molecule has 14 aromatic rings. The van der Waals surface area contributed by atoms with Gasteiger partial charge in [0.2, 0.25) is 0 Å². The summed E-state index contributed by atoms with van der Waals surface area (Å²) in [6.07, 6.45) is 27.5. The van der Waals surface area contributed by atoms with E-state index < -0.39 is 0 Å². The number of fused-ring (bicyclic) bond motifs is 6. The van der Waals surface area contributed by atoms with E-state index in [9.17, 15) is 19.2 Å². The van der Waals surface area contributed by atoms with Gasteiger partial charge in [0, 0.05) is 157 Å². The lowest BCUT2D eigenvalue weighted by molar-refractivity contribution is 0.0985. The van der Waals surface area contributed by atoms with Gasteiger partial charge in [0.15, 0.2) is 23.1 Å². The van der Waals surface area contributed by atoms with Crippen LogP contribution >= 0.6 is 11.6 Å². The van der Waals surface area contributed by atoms with Crippen molar-refractivity contribution >= 4 is 99.9 Å². The fraction of sp³-hybridized carbons (Fsp3) is 0.284. The minimum atomic E-state index is 0.0595. The maximum Gasteiger partial charge on any atom is 0.195 e. The SMILES string of the molecule is CCCCCn1cc(C(=O)Cc2ccccc2Cl)c2ccccc21.CCCCCn1cc(C(=O)c2ccc(OC)c3ccccc23)c2ccccc21.CCCCCn1cc(C(=O)c2cccc3ccccc23)c2ccccc21.COc1ccccc1CC(=O)c1cn(CCC2CCCCC2)c2ccccc12. The molecule has 0 spiro atoms. The number of carbonyl (C=O) groups is 4. The summed E-state index contributed by atoms with van der Waals surface area (Å²) in [5.41, 5.74) is 11.1. The van der Waals surface area contributed by atoms with Gasteiger partial charge in [0.05, 0.1) is 14.2 Å². The minimum Gasteiger partial charge on any atom is -0.496 e. The van der Waals surface area contributed by atoms with Gasteiger partial charge in [0.1, 0.15) is 11.5 Å². The second-order valence-corrected chi connectivity index (χ2v) is 28.5. The third-order valence-corrected chi connectivity index (χ3v) is 21.4. The fourth-order valence-corrected chi connectivity index (χ4v) is 15.5. The van der Waals surface area contributed by atoms with E-state index in [0.29, 0.717) is 23.4 Å². The Bertz CT molecular complexity index is 5330. The van der Waals surface area contributed by atoms with Crippen LogP contribution in [0.5, 0.6) is 11.5 Å². The molecule has 0 atom stereocenters. The Kier molecular flexibility index (Phi) is 26.2. The third kappa shape index (κ3) is 17.7. The van der Waals surface area contributed by atoms with Crippen LogP contribution in [-0.4, -0.2) is 55.6 Å². The molecule has 15 rings (SSSR count). The molecule has 1 fully saturated rings. The summed E-state index contributed by atoms with van der Waals surface area (Å²) < 4.78 is 19.9. The molecule has 0 bridgehead atoms. The number of aromatic nitrogens is 4. The molecule has 0 N–H and O–H groups in total. The Hall–Kier alpha value is -10.6. The van der Waals surface area contributed by atoms with Crippen LogP contribution < -0.4 is 9.47 Å². The smallest absolute Gasteiger partial charge is 0.195 e. The number of para-hydroxylation sites is 5. The van der Waals surface area contributed by atoms with E-state index in [1.807, 2.05) is 188 Å². The van der Waals surface area contributed by atoms with Gasteiger partial charge in [-0.1, -0.05) is 279 Å². The van der Waals surface area contributed by atoms with E-state index >= 15 is 0 Å². The molecule has 1 aliphatic rings. The van der Waals surface area contributed by atoms with Crippen molar-refractivity contribution in [1.29, 1.82) is 0 Å². The Morgan fingerprint density at radius 3 is 1.24 bits per heavy atom. The van der Waals surface area contributed by atoms with Gasteiger partial charge in [-0.25, -0.2) is 0 Å². The number of aryl methyl sites for hydroxylation is 4. The number of hydrogen-bond acceptors (Lipinski definition) is 6. The molecule has 4 heterocycles. The van der Waals surface area contributed by atoms with Crippen molar-refractivity contribution in [1.82, 2.24) is 18.3 Å². The van der Waals surface area contributed by atoms with Crippen molar-refractivity contribution in [2.75, 3.05) is 14.2 Å². The van der Waals surface area contributed by atoms with Crippen molar-refractivity contribution < 1.29 is 28.7 Å². The Morgan fingerprint density at radius 2 is 0.736 bits per heavy atom.